The molecule has 5 nitrogen and oxygen atoms in total. The molecule has 3 N–H and O–H groups in total. The number of nitrogens with one attached hydrogen (secondary N) is 1. The van der Waals surface area contributed by atoms with Crippen molar-refractivity contribution in [2.45, 2.75) is 19.5 Å². The minimum Gasteiger partial charge on any atom is -0.446 e. The Morgan fingerprint density at radius 1 is 1.17 bits per heavy atom. The number of amides is 1. The van der Waals surface area contributed by atoms with E-state index in [1.165, 1.54) is 11.8 Å². The summed E-state index contributed by atoms with van der Waals surface area (Å²) >= 11 is 0. The molecule has 0 bridgehead atoms. The second-order valence-corrected chi connectivity index (χ2v) is 5.63. The maximum atomic E-state index is 12.2. The van der Waals surface area contributed by atoms with Gasteiger partial charge in [0.2, 0.25) is 5.89 Å². The number of aromatic nitrogens is 1. The number of nitrogens with two attached hydrogens (primary N) is 1. The van der Waals surface area contributed by atoms with Crippen molar-refractivity contribution in [2.75, 3.05) is 0 Å². The van der Waals surface area contributed by atoms with Crippen LogP contribution in [0.3, 0.4) is 0 Å². The van der Waals surface area contributed by atoms with Crippen molar-refractivity contribution in [1.82, 2.24) is 10.3 Å². The number of nitrogens with zero attached hydrogens (tertiary/aromatic N) is 1. The molecule has 0 aliphatic heterocycles. The molecule has 1 atom stereocenters. The molecule has 24 heavy (non-hydrogen) atoms. The van der Waals surface area contributed by atoms with Gasteiger partial charge in [-0.15, -0.1) is 0 Å². The molecule has 1 unspecified atom stereocenters. The van der Waals surface area contributed by atoms with Crippen LogP contribution >= 0.6 is 0 Å². The maximum absolute atomic E-state index is 12.2. The smallest absolute Gasteiger partial charge is 0.273 e. The molecule has 0 saturated carbocycles. The molecule has 0 aliphatic rings. The highest BCUT2D eigenvalue weighted by molar-refractivity contribution is 5.91. The molecule has 5 heteroatoms. The monoisotopic (exact) mass is 321 g/mol. The number of rotatable bonds is 5. The first kappa shape index (κ1) is 16.0. The SMILES string of the molecule is Cc1ccc(CNC(=O)c2coc(C(N)c3ccccc3)n2)cc1. The van der Waals surface area contributed by atoms with Gasteiger partial charge < -0.3 is 15.5 Å². The fourth-order valence-corrected chi connectivity index (χ4v) is 2.32. The predicted molar refractivity (Wildman–Crippen MR) is 91.3 cm³/mol. The molecular formula is C19H19N3O2. The van der Waals surface area contributed by atoms with E-state index >= 15 is 0 Å². The zero-order valence-corrected chi connectivity index (χ0v) is 13.4. The van der Waals surface area contributed by atoms with Gasteiger partial charge in [-0.2, -0.15) is 0 Å². The first-order valence-electron chi connectivity index (χ1n) is 7.73. The third-order valence-corrected chi connectivity index (χ3v) is 3.75. The highest BCUT2D eigenvalue weighted by Gasteiger charge is 2.18. The highest BCUT2D eigenvalue weighted by atomic mass is 16.3. The van der Waals surface area contributed by atoms with E-state index in [2.05, 4.69) is 10.3 Å². The van der Waals surface area contributed by atoms with Gasteiger partial charge >= 0.3 is 0 Å². The minimum atomic E-state index is -0.496. The van der Waals surface area contributed by atoms with Crippen LogP contribution in [0.4, 0.5) is 0 Å². The van der Waals surface area contributed by atoms with Gasteiger partial charge in [-0.3, -0.25) is 4.79 Å². The molecule has 0 fully saturated rings. The molecule has 1 heterocycles. The molecule has 1 aromatic heterocycles. The van der Waals surface area contributed by atoms with Gasteiger partial charge in [0.05, 0.1) is 0 Å². The Labute approximate surface area is 140 Å². The highest BCUT2D eigenvalue weighted by Crippen LogP contribution is 2.18. The largest absolute Gasteiger partial charge is 0.446 e. The second-order valence-electron chi connectivity index (χ2n) is 5.63. The maximum Gasteiger partial charge on any atom is 0.273 e. The van der Waals surface area contributed by atoms with Gasteiger partial charge in [0.1, 0.15) is 12.3 Å². The van der Waals surface area contributed by atoms with Crippen LogP contribution in [0.25, 0.3) is 0 Å². The van der Waals surface area contributed by atoms with Gasteiger partial charge in [0, 0.05) is 6.54 Å². The average Bonchev–Trinajstić information content (AvgIpc) is 3.11. The number of carbonyl (C=O) groups excluding carboxylic acids is 1. The van der Waals surface area contributed by atoms with Crippen LogP contribution in [-0.2, 0) is 6.54 Å². The van der Waals surface area contributed by atoms with Gasteiger partial charge in [-0.25, -0.2) is 4.98 Å². The molecule has 122 valence electrons. The summed E-state index contributed by atoms with van der Waals surface area (Å²) < 4.78 is 5.37. The van der Waals surface area contributed by atoms with E-state index in [4.69, 9.17) is 10.2 Å². The zero-order chi connectivity index (χ0) is 16.9. The van der Waals surface area contributed by atoms with E-state index < -0.39 is 6.04 Å². The Balaban J connectivity index is 1.64. The van der Waals surface area contributed by atoms with Crippen LogP contribution in [0, 0.1) is 6.92 Å². The van der Waals surface area contributed by atoms with Gasteiger partial charge in [0.25, 0.3) is 5.91 Å². The number of oxazole rings is 1. The van der Waals surface area contributed by atoms with Crippen molar-refractivity contribution in [2.24, 2.45) is 5.73 Å². The summed E-state index contributed by atoms with van der Waals surface area (Å²) in [6.45, 7) is 2.46. The van der Waals surface area contributed by atoms with Crippen LogP contribution in [0.5, 0.6) is 0 Å². The first-order valence-corrected chi connectivity index (χ1v) is 7.73. The standard InChI is InChI=1S/C19H19N3O2/c1-13-7-9-14(10-8-13)11-21-18(23)16-12-24-19(22-16)17(20)15-5-3-2-4-6-15/h2-10,12,17H,11,20H2,1H3,(H,21,23). The predicted octanol–water partition coefficient (Wildman–Crippen LogP) is 2.96. The van der Waals surface area contributed by atoms with Crippen LogP contribution in [0.2, 0.25) is 0 Å². The summed E-state index contributed by atoms with van der Waals surface area (Å²) in [5.74, 6) is 0.0347. The quantitative estimate of drug-likeness (QED) is 0.757. The summed E-state index contributed by atoms with van der Waals surface area (Å²) in [5.41, 5.74) is 9.44. The van der Waals surface area contributed by atoms with E-state index in [9.17, 15) is 4.79 Å². The summed E-state index contributed by atoms with van der Waals surface area (Å²) in [6.07, 6.45) is 1.34. The summed E-state index contributed by atoms with van der Waals surface area (Å²) in [5, 5.41) is 2.82. The topological polar surface area (TPSA) is 81.2 Å². The van der Waals surface area contributed by atoms with E-state index in [0.717, 1.165) is 11.1 Å². The van der Waals surface area contributed by atoms with Crippen LogP contribution in [-0.4, -0.2) is 10.9 Å². The first-order chi connectivity index (χ1) is 11.6. The van der Waals surface area contributed by atoms with Crippen molar-refractivity contribution in [3.63, 3.8) is 0 Å². The van der Waals surface area contributed by atoms with E-state index in [-0.39, 0.29) is 11.6 Å². The molecule has 3 aromatic rings. The molecule has 1 amide bonds. The number of aryl methyl sites for hydroxylation is 1. The Morgan fingerprint density at radius 2 is 1.88 bits per heavy atom. The van der Waals surface area contributed by atoms with Crippen molar-refractivity contribution >= 4 is 5.91 Å². The molecular weight excluding hydrogens is 302 g/mol. The second kappa shape index (κ2) is 7.10. The van der Waals surface area contributed by atoms with E-state index in [1.54, 1.807) is 0 Å². The Morgan fingerprint density at radius 3 is 2.58 bits per heavy atom. The van der Waals surface area contributed by atoms with Crippen LogP contribution in [0.15, 0.2) is 65.3 Å². The number of carbonyl (C=O) groups is 1. The minimum absolute atomic E-state index is 0.225. The third kappa shape index (κ3) is 3.70. The Bertz CT molecular complexity index is 810. The lowest BCUT2D eigenvalue weighted by Crippen LogP contribution is -2.23. The molecule has 0 radical (unpaired) electrons. The normalized spacial score (nSPS) is 11.9. The van der Waals surface area contributed by atoms with Crippen molar-refractivity contribution in [1.29, 1.82) is 0 Å². The average molecular weight is 321 g/mol. The number of benzene rings is 2. The van der Waals surface area contributed by atoms with Crippen molar-refractivity contribution in [3.8, 4) is 0 Å². The summed E-state index contributed by atoms with van der Waals surface area (Å²) in [6, 6.07) is 17.0. The summed E-state index contributed by atoms with van der Waals surface area (Å²) in [7, 11) is 0. The van der Waals surface area contributed by atoms with Crippen molar-refractivity contribution < 1.29 is 9.21 Å². The Hall–Kier alpha value is -2.92. The Kier molecular flexibility index (Phi) is 4.72. The molecule has 0 saturated heterocycles. The van der Waals surface area contributed by atoms with Crippen LogP contribution in [0.1, 0.15) is 39.1 Å². The zero-order valence-electron chi connectivity index (χ0n) is 13.4. The molecule has 2 aromatic carbocycles. The van der Waals surface area contributed by atoms with Gasteiger partial charge in [-0.05, 0) is 18.1 Å². The van der Waals surface area contributed by atoms with Gasteiger partial charge in [0.15, 0.2) is 5.69 Å². The molecule has 0 aliphatic carbocycles. The van der Waals surface area contributed by atoms with E-state index in [1.807, 2.05) is 61.5 Å². The molecule has 3 rings (SSSR count). The fraction of sp³-hybridized carbons (Fsp3) is 0.158. The van der Waals surface area contributed by atoms with E-state index in [0.29, 0.717) is 12.4 Å². The number of hydrogen-bond donors (Lipinski definition) is 2. The lowest BCUT2D eigenvalue weighted by Gasteiger charge is -2.06. The van der Waals surface area contributed by atoms with Crippen LogP contribution < -0.4 is 11.1 Å². The lowest BCUT2D eigenvalue weighted by atomic mass is 10.1. The lowest BCUT2D eigenvalue weighted by molar-refractivity contribution is 0.0946. The fourth-order valence-electron chi connectivity index (χ4n) is 2.32. The van der Waals surface area contributed by atoms with Crippen molar-refractivity contribution in [3.05, 3.63) is 89.1 Å². The van der Waals surface area contributed by atoms with Gasteiger partial charge in [-0.1, -0.05) is 60.2 Å². The molecule has 0 spiro atoms. The number of hydrogen-bond acceptors (Lipinski definition) is 4. The third-order valence-electron chi connectivity index (χ3n) is 3.75. The summed E-state index contributed by atoms with van der Waals surface area (Å²) in [4.78, 5) is 16.4.